The molecule has 0 atom stereocenters. The van der Waals surface area contributed by atoms with E-state index in [0.29, 0.717) is 10.8 Å². The molecule has 0 spiro atoms. The third-order valence-corrected chi connectivity index (χ3v) is 6.83. The minimum Gasteiger partial charge on any atom is -0.129 e. The lowest BCUT2D eigenvalue weighted by Crippen LogP contribution is -2.33. The average molecular weight is 290 g/mol. The van der Waals surface area contributed by atoms with Gasteiger partial charge in [-0.3, -0.25) is 0 Å². The topological polar surface area (TPSA) is 0 Å². The normalized spacial score (nSPS) is 20.5. The smallest absolute Gasteiger partial charge is 0.0608 e. The summed E-state index contributed by atoms with van der Waals surface area (Å²) in [5.74, 6) is 0. The molecule has 2 heteroatoms. The van der Waals surface area contributed by atoms with Crippen LogP contribution >= 0.6 is 23.1 Å². The monoisotopic (exact) mass is 290 g/mol. The van der Waals surface area contributed by atoms with Crippen molar-refractivity contribution in [2.75, 3.05) is 6.26 Å². The van der Waals surface area contributed by atoms with Gasteiger partial charge in [0, 0.05) is 4.70 Å². The first-order chi connectivity index (χ1) is 8.83. The maximum absolute atomic E-state index is 2.47. The minimum absolute atomic E-state index is 0.320. The lowest BCUT2D eigenvalue weighted by atomic mass is 9.63. The first kappa shape index (κ1) is 13.5. The van der Waals surface area contributed by atoms with Crippen LogP contribution in [0.15, 0.2) is 22.4 Å². The van der Waals surface area contributed by atoms with Crippen molar-refractivity contribution >= 4 is 33.2 Å². The second kappa shape index (κ2) is 4.26. The Hall–Kier alpha value is -0.470. The van der Waals surface area contributed by atoms with E-state index in [4.69, 9.17) is 0 Å². The summed E-state index contributed by atoms with van der Waals surface area (Å²) in [4.78, 5) is 0. The van der Waals surface area contributed by atoms with Crippen LogP contribution in [-0.2, 0) is 10.8 Å². The molecule has 1 aromatic heterocycles. The molecule has 19 heavy (non-hydrogen) atoms. The van der Waals surface area contributed by atoms with Crippen molar-refractivity contribution in [1.29, 1.82) is 0 Å². The molecular weight excluding hydrogens is 268 g/mol. The number of thiophene rings is 1. The van der Waals surface area contributed by atoms with Gasteiger partial charge in [0.05, 0.1) is 4.21 Å². The third kappa shape index (κ3) is 2.13. The first-order valence-corrected chi connectivity index (χ1v) is 9.00. The molecule has 1 aliphatic carbocycles. The Morgan fingerprint density at radius 3 is 2.11 bits per heavy atom. The predicted molar refractivity (Wildman–Crippen MR) is 88.9 cm³/mol. The van der Waals surface area contributed by atoms with E-state index in [1.165, 1.54) is 27.1 Å². The van der Waals surface area contributed by atoms with E-state index in [-0.39, 0.29) is 0 Å². The summed E-state index contributed by atoms with van der Waals surface area (Å²) in [6, 6.07) is 7.28. The molecule has 0 unspecified atom stereocenters. The first-order valence-electron chi connectivity index (χ1n) is 6.96. The van der Waals surface area contributed by atoms with Gasteiger partial charge < -0.3 is 0 Å². The fourth-order valence-electron chi connectivity index (χ4n) is 3.18. The van der Waals surface area contributed by atoms with Gasteiger partial charge in [-0.05, 0) is 64.6 Å². The number of hydrogen-bond acceptors (Lipinski definition) is 2. The number of hydrogen-bond donors (Lipinski definition) is 0. The Morgan fingerprint density at radius 1 is 0.947 bits per heavy atom. The second-order valence-electron chi connectivity index (χ2n) is 6.97. The van der Waals surface area contributed by atoms with Crippen molar-refractivity contribution in [2.45, 2.75) is 55.6 Å². The van der Waals surface area contributed by atoms with Gasteiger partial charge in [0.1, 0.15) is 0 Å². The van der Waals surface area contributed by atoms with Crippen LogP contribution in [0.1, 0.15) is 51.7 Å². The van der Waals surface area contributed by atoms with Crippen LogP contribution in [0, 0.1) is 0 Å². The molecule has 1 aliphatic rings. The number of fused-ring (bicyclic) bond motifs is 2. The molecule has 1 aromatic carbocycles. The molecule has 0 N–H and O–H groups in total. The average Bonchev–Trinajstić information content (AvgIpc) is 2.76. The van der Waals surface area contributed by atoms with E-state index in [2.05, 4.69) is 52.1 Å². The van der Waals surface area contributed by atoms with Crippen molar-refractivity contribution < 1.29 is 0 Å². The summed E-state index contributed by atoms with van der Waals surface area (Å²) in [6.07, 6.45) is 4.75. The standard InChI is InChI=1S/C17H22S2/c1-16(2)6-7-17(3,4)13-10-14-11(8-12(13)16)9-15(18-5)19-14/h8-10H,6-7H2,1-5H3. The van der Waals surface area contributed by atoms with Gasteiger partial charge >= 0.3 is 0 Å². The molecule has 0 bridgehead atoms. The van der Waals surface area contributed by atoms with Crippen molar-refractivity contribution in [1.82, 2.24) is 0 Å². The summed E-state index contributed by atoms with van der Waals surface area (Å²) < 4.78 is 2.88. The highest BCUT2D eigenvalue weighted by Gasteiger charge is 2.37. The van der Waals surface area contributed by atoms with Gasteiger partial charge in [-0.25, -0.2) is 0 Å². The molecule has 2 aromatic rings. The molecular formula is C17H22S2. The van der Waals surface area contributed by atoms with Crippen LogP contribution in [0.2, 0.25) is 0 Å². The second-order valence-corrected chi connectivity index (χ2v) is 9.16. The van der Waals surface area contributed by atoms with Crippen molar-refractivity contribution in [3.63, 3.8) is 0 Å². The molecule has 0 saturated heterocycles. The maximum atomic E-state index is 2.47. The summed E-state index contributed by atoms with van der Waals surface area (Å²) >= 11 is 3.79. The minimum atomic E-state index is 0.320. The molecule has 1 heterocycles. The number of thioether (sulfide) groups is 1. The van der Waals surface area contributed by atoms with Crippen LogP contribution in [0.5, 0.6) is 0 Å². The Morgan fingerprint density at radius 2 is 1.53 bits per heavy atom. The van der Waals surface area contributed by atoms with E-state index in [9.17, 15) is 0 Å². The Bertz CT molecular complexity index is 579. The van der Waals surface area contributed by atoms with E-state index < -0.39 is 0 Å². The van der Waals surface area contributed by atoms with Gasteiger partial charge in [-0.1, -0.05) is 27.7 Å². The van der Waals surface area contributed by atoms with Crippen molar-refractivity contribution in [2.24, 2.45) is 0 Å². The third-order valence-electron chi connectivity index (χ3n) is 4.67. The van der Waals surface area contributed by atoms with Crippen LogP contribution in [-0.4, -0.2) is 6.26 Å². The van der Waals surface area contributed by atoms with Crippen LogP contribution < -0.4 is 0 Å². The van der Waals surface area contributed by atoms with Crippen molar-refractivity contribution in [3.05, 3.63) is 29.3 Å². The SMILES string of the molecule is CSc1cc2cc3c(cc2s1)C(C)(C)CCC3(C)C. The van der Waals surface area contributed by atoms with E-state index >= 15 is 0 Å². The van der Waals surface area contributed by atoms with Crippen molar-refractivity contribution in [3.8, 4) is 0 Å². The molecule has 102 valence electrons. The van der Waals surface area contributed by atoms with E-state index in [1.54, 1.807) is 11.1 Å². The molecule has 0 saturated carbocycles. The van der Waals surface area contributed by atoms with Gasteiger partial charge in [0.2, 0.25) is 0 Å². The zero-order valence-corrected chi connectivity index (χ0v) is 14.1. The van der Waals surface area contributed by atoms with Gasteiger partial charge in [0.15, 0.2) is 0 Å². The maximum Gasteiger partial charge on any atom is 0.0608 e. The fourth-order valence-corrected chi connectivity index (χ4v) is 4.84. The lowest BCUT2D eigenvalue weighted by molar-refractivity contribution is 0.332. The zero-order chi connectivity index (χ0) is 13.8. The highest BCUT2D eigenvalue weighted by Crippen LogP contribution is 2.48. The van der Waals surface area contributed by atoms with Crippen LogP contribution in [0.4, 0.5) is 0 Å². The van der Waals surface area contributed by atoms with E-state index in [0.717, 1.165) is 0 Å². The Kier molecular flexibility index (Phi) is 3.03. The van der Waals surface area contributed by atoms with Crippen LogP contribution in [0.25, 0.3) is 10.1 Å². The highest BCUT2D eigenvalue weighted by atomic mass is 32.2. The number of benzene rings is 1. The Balaban J connectivity index is 2.30. The summed E-state index contributed by atoms with van der Waals surface area (Å²) in [5, 5.41) is 1.43. The highest BCUT2D eigenvalue weighted by molar-refractivity contribution is 8.00. The zero-order valence-electron chi connectivity index (χ0n) is 12.5. The molecule has 0 aliphatic heterocycles. The molecule has 3 rings (SSSR count). The Labute approximate surface area is 124 Å². The number of rotatable bonds is 1. The van der Waals surface area contributed by atoms with E-state index in [1.807, 2.05) is 23.1 Å². The van der Waals surface area contributed by atoms with Gasteiger partial charge in [0.25, 0.3) is 0 Å². The quantitative estimate of drug-likeness (QED) is 0.583. The predicted octanol–water partition coefficient (Wildman–Crippen LogP) is 5.97. The summed E-state index contributed by atoms with van der Waals surface area (Å²) in [6.45, 7) is 9.59. The molecule has 0 nitrogen and oxygen atoms in total. The van der Waals surface area contributed by atoms with Gasteiger partial charge in [-0.2, -0.15) is 0 Å². The van der Waals surface area contributed by atoms with Crippen LogP contribution in [0.3, 0.4) is 0 Å². The summed E-state index contributed by atoms with van der Waals surface area (Å²) in [5.41, 5.74) is 3.79. The fraction of sp³-hybridized carbons (Fsp3) is 0.529. The van der Waals surface area contributed by atoms with Gasteiger partial charge in [-0.15, -0.1) is 23.1 Å². The lowest BCUT2D eigenvalue weighted by Gasteiger charge is -2.41. The molecule has 0 amide bonds. The largest absolute Gasteiger partial charge is 0.129 e. The summed E-state index contributed by atoms with van der Waals surface area (Å²) in [7, 11) is 0. The molecule has 0 fully saturated rings. The molecule has 0 radical (unpaired) electrons.